The van der Waals surface area contributed by atoms with E-state index < -0.39 is 0 Å². The van der Waals surface area contributed by atoms with Crippen molar-refractivity contribution in [2.24, 2.45) is 0 Å². The van der Waals surface area contributed by atoms with Gasteiger partial charge in [-0.05, 0) is 17.5 Å². The third-order valence-electron chi connectivity index (χ3n) is 2.11. The van der Waals surface area contributed by atoms with Crippen molar-refractivity contribution in [1.29, 1.82) is 0 Å². The predicted octanol–water partition coefficient (Wildman–Crippen LogP) is 2.36. The van der Waals surface area contributed by atoms with Crippen molar-refractivity contribution in [3.63, 3.8) is 0 Å². The summed E-state index contributed by atoms with van der Waals surface area (Å²) in [5, 5.41) is 0. The Hall–Kier alpha value is -1.51. The molecule has 0 unspecified atom stereocenters. The summed E-state index contributed by atoms with van der Waals surface area (Å²) >= 11 is 0. The van der Waals surface area contributed by atoms with Gasteiger partial charge in [-0.2, -0.15) is 0 Å². The average molecular weight is 208 g/mol. The first-order valence-electron chi connectivity index (χ1n) is 4.93. The molecule has 0 amide bonds. The molecule has 1 rings (SSSR count). The van der Waals surface area contributed by atoms with E-state index in [2.05, 4.69) is 18.6 Å². The van der Waals surface area contributed by atoms with Gasteiger partial charge in [0, 0.05) is 0 Å². The fourth-order valence-electron chi connectivity index (χ4n) is 1.28. The molecule has 0 saturated heterocycles. The zero-order chi connectivity index (χ0) is 11.3. The maximum atomic E-state index is 10.9. The molecule has 0 aliphatic rings. The number of hydrogen-bond acceptors (Lipinski definition) is 3. The molecule has 0 aromatic heterocycles. The maximum Gasteiger partial charge on any atom is 0.343 e. The number of carbonyl (C=O) groups is 1. The SMILES string of the molecule is COC(=O)COc1ccccc1C(C)C. The van der Waals surface area contributed by atoms with Gasteiger partial charge < -0.3 is 9.47 Å². The molecule has 0 radical (unpaired) electrons. The van der Waals surface area contributed by atoms with E-state index in [1.165, 1.54) is 7.11 Å². The van der Waals surface area contributed by atoms with Crippen LogP contribution in [-0.4, -0.2) is 19.7 Å². The van der Waals surface area contributed by atoms with Crippen LogP contribution in [0, 0.1) is 0 Å². The Bertz CT molecular complexity index is 331. The minimum Gasteiger partial charge on any atom is -0.482 e. The van der Waals surface area contributed by atoms with Crippen molar-refractivity contribution < 1.29 is 14.3 Å². The van der Waals surface area contributed by atoms with Crippen molar-refractivity contribution in [3.05, 3.63) is 29.8 Å². The summed E-state index contributed by atoms with van der Waals surface area (Å²) in [4.78, 5) is 10.9. The molecule has 0 fully saturated rings. The highest BCUT2D eigenvalue weighted by Gasteiger charge is 2.08. The van der Waals surface area contributed by atoms with Gasteiger partial charge in [0.25, 0.3) is 0 Å². The van der Waals surface area contributed by atoms with Gasteiger partial charge in [-0.25, -0.2) is 4.79 Å². The standard InChI is InChI=1S/C12H16O3/c1-9(2)10-6-4-5-7-11(10)15-8-12(13)14-3/h4-7,9H,8H2,1-3H3. The van der Waals surface area contributed by atoms with Crippen LogP contribution >= 0.6 is 0 Å². The van der Waals surface area contributed by atoms with Crippen molar-refractivity contribution >= 4 is 5.97 Å². The lowest BCUT2D eigenvalue weighted by atomic mass is 10.0. The van der Waals surface area contributed by atoms with Crippen LogP contribution < -0.4 is 4.74 Å². The van der Waals surface area contributed by atoms with Gasteiger partial charge >= 0.3 is 5.97 Å². The van der Waals surface area contributed by atoms with Crippen LogP contribution in [0.4, 0.5) is 0 Å². The average Bonchev–Trinajstić information content (AvgIpc) is 2.26. The third kappa shape index (κ3) is 3.27. The highest BCUT2D eigenvalue weighted by atomic mass is 16.6. The lowest BCUT2D eigenvalue weighted by Gasteiger charge is -2.12. The summed E-state index contributed by atoms with van der Waals surface area (Å²) in [6.07, 6.45) is 0. The van der Waals surface area contributed by atoms with E-state index >= 15 is 0 Å². The van der Waals surface area contributed by atoms with Crippen LogP contribution in [0.3, 0.4) is 0 Å². The second kappa shape index (κ2) is 5.39. The van der Waals surface area contributed by atoms with E-state index in [1.54, 1.807) is 0 Å². The van der Waals surface area contributed by atoms with E-state index in [4.69, 9.17) is 4.74 Å². The highest BCUT2D eigenvalue weighted by molar-refractivity contribution is 5.70. The third-order valence-corrected chi connectivity index (χ3v) is 2.11. The van der Waals surface area contributed by atoms with Gasteiger partial charge in [-0.3, -0.25) is 0 Å². The molecule has 0 saturated carbocycles. The molecule has 0 aliphatic carbocycles. The van der Waals surface area contributed by atoms with Gasteiger partial charge in [0.1, 0.15) is 5.75 Å². The fourth-order valence-corrected chi connectivity index (χ4v) is 1.28. The zero-order valence-corrected chi connectivity index (χ0v) is 9.32. The largest absolute Gasteiger partial charge is 0.482 e. The first-order chi connectivity index (χ1) is 7.15. The summed E-state index contributed by atoms with van der Waals surface area (Å²) in [7, 11) is 1.35. The smallest absolute Gasteiger partial charge is 0.343 e. The number of esters is 1. The van der Waals surface area contributed by atoms with Crippen molar-refractivity contribution in [1.82, 2.24) is 0 Å². The van der Waals surface area contributed by atoms with E-state index in [0.29, 0.717) is 5.92 Å². The van der Waals surface area contributed by atoms with Crippen LogP contribution in [0.2, 0.25) is 0 Å². The lowest BCUT2D eigenvalue weighted by Crippen LogP contribution is -2.13. The molecule has 0 atom stereocenters. The molecule has 15 heavy (non-hydrogen) atoms. The van der Waals surface area contributed by atoms with Crippen LogP contribution in [-0.2, 0) is 9.53 Å². The van der Waals surface area contributed by atoms with Crippen molar-refractivity contribution in [3.8, 4) is 5.75 Å². The number of carbonyl (C=O) groups excluding carboxylic acids is 1. The molecular weight excluding hydrogens is 192 g/mol. The quantitative estimate of drug-likeness (QED) is 0.712. The summed E-state index contributed by atoms with van der Waals surface area (Å²) in [5.74, 6) is 0.755. The molecule has 0 heterocycles. The van der Waals surface area contributed by atoms with Gasteiger partial charge in [0.05, 0.1) is 7.11 Å². The zero-order valence-electron chi connectivity index (χ0n) is 9.32. The van der Waals surface area contributed by atoms with E-state index in [0.717, 1.165) is 11.3 Å². The minimum atomic E-state index is -0.367. The second-order valence-corrected chi connectivity index (χ2v) is 3.56. The minimum absolute atomic E-state index is 0.0414. The number of hydrogen-bond donors (Lipinski definition) is 0. The molecule has 1 aromatic carbocycles. The van der Waals surface area contributed by atoms with Crippen LogP contribution in [0.25, 0.3) is 0 Å². The van der Waals surface area contributed by atoms with Crippen LogP contribution in [0.1, 0.15) is 25.3 Å². The Labute approximate surface area is 90.0 Å². The molecule has 0 aliphatic heterocycles. The van der Waals surface area contributed by atoms with Gasteiger partial charge in [0.2, 0.25) is 0 Å². The molecular formula is C12H16O3. The second-order valence-electron chi connectivity index (χ2n) is 3.56. The van der Waals surface area contributed by atoms with Crippen molar-refractivity contribution in [2.45, 2.75) is 19.8 Å². The first kappa shape index (κ1) is 11.6. The number of ether oxygens (including phenoxy) is 2. The van der Waals surface area contributed by atoms with Crippen LogP contribution in [0.5, 0.6) is 5.75 Å². The number of para-hydroxylation sites is 1. The first-order valence-corrected chi connectivity index (χ1v) is 4.93. The summed E-state index contributed by atoms with van der Waals surface area (Å²) in [6, 6.07) is 7.70. The van der Waals surface area contributed by atoms with Gasteiger partial charge in [-0.1, -0.05) is 32.0 Å². The Morgan fingerprint density at radius 1 is 1.33 bits per heavy atom. The number of benzene rings is 1. The maximum absolute atomic E-state index is 10.9. The topological polar surface area (TPSA) is 35.5 Å². The molecule has 3 nitrogen and oxygen atoms in total. The lowest BCUT2D eigenvalue weighted by molar-refractivity contribution is -0.142. The molecule has 1 aromatic rings. The molecule has 0 N–H and O–H groups in total. The van der Waals surface area contributed by atoms with Gasteiger partial charge in [-0.15, -0.1) is 0 Å². The van der Waals surface area contributed by atoms with Crippen LogP contribution in [0.15, 0.2) is 24.3 Å². The monoisotopic (exact) mass is 208 g/mol. The number of methoxy groups -OCH3 is 1. The van der Waals surface area contributed by atoms with Crippen molar-refractivity contribution in [2.75, 3.05) is 13.7 Å². The fraction of sp³-hybridized carbons (Fsp3) is 0.417. The predicted molar refractivity (Wildman–Crippen MR) is 58.0 cm³/mol. The molecule has 82 valence electrons. The molecule has 3 heteroatoms. The van der Waals surface area contributed by atoms with E-state index in [1.807, 2.05) is 24.3 Å². The molecule has 0 spiro atoms. The summed E-state index contributed by atoms with van der Waals surface area (Å²) in [6.45, 7) is 4.13. The van der Waals surface area contributed by atoms with E-state index in [-0.39, 0.29) is 12.6 Å². The Morgan fingerprint density at radius 3 is 2.60 bits per heavy atom. The van der Waals surface area contributed by atoms with Gasteiger partial charge in [0.15, 0.2) is 6.61 Å². The molecule has 0 bridgehead atoms. The van der Waals surface area contributed by atoms with E-state index in [9.17, 15) is 4.79 Å². The highest BCUT2D eigenvalue weighted by Crippen LogP contribution is 2.25. The summed E-state index contributed by atoms with van der Waals surface area (Å²) < 4.78 is 9.88. The number of rotatable bonds is 4. The Balaban J connectivity index is 2.71. The summed E-state index contributed by atoms with van der Waals surface area (Å²) in [5.41, 5.74) is 1.10. The normalized spacial score (nSPS) is 10.1. The Morgan fingerprint density at radius 2 is 2.00 bits per heavy atom. The Kier molecular flexibility index (Phi) is 4.16.